The van der Waals surface area contributed by atoms with Crippen molar-refractivity contribution in [3.8, 4) is 66.8 Å². The number of rotatable bonds is 4. The van der Waals surface area contributed by atoms with E-state index in [0.29, 0.717) is 0 Å². The van der Waals surface area contributed by atoms with Crippen LogP contribution in [0.3, 0.4) is 0 Å². The average Bonchev–Trinajstić information content (AvgIpc) is 1.50. The minimum absolute atomic E-state index is 1.31. The lowest BCUT2D eigenvalue weighted by Gasteiger charge is -2.32. The summed E-state index contributed by atoms with van der Waals surface area (Å²) in [6, 6.07) is 181. The molecule has 0 unspecified atom stereocenters. The van der Waals surface area contributed by atoms with E-state index in [9.17, 15) is 0 Å². The lowest BCUT2D eigenvalue weighted by Crippen LogP contribution is -2.73. The summed E-state index contributed by atoms with van der Waals surface area (Å²) in [4.78, 5) is 0. The second kappa shape index (κ2) is 28.4. The fourth-order valence-electron chi connectivity index (χ4n) is 24.0. The zero-order chi connectivity index (χ0) is 81.7. The normalized spacial score (nSPS) is 14.1. The zero-order valence-electron chi connectivity index (χ0n) is 68.2. The monoisotopic (exact) mass is 1630 g/mol. The quantitative estimate of drug-likeness (QED) is 0.122. The van der Waals surface area contributed by atoms with E-state index in [0.717, 1.165) is 0 Å². The molecule has 22 aromatic carbocycles. The summed E-state index contributed by atoms with van der Waals surface area (Å²) in [5, 5.41) is 40.6. The van der Waals surface area contributed by atoms with E-state index in [4.69, 9.17) is 0 Å². The van der Waals surface area contributed by atoms with Crippen molar-refractivity contribution in [1.29, 1.82) is 0 Å². The van der Waals surface area contributed by atoms with Gasteiger partial charge in [-0.1, -0.05) is 485 Å². The number of hydrogen-bond acceptors (Lipinski definition) is 0. The van der Waals surface area contributed by atoms with Crippen LogP contribution in [0.1, 0.15) is 0 Å². The van der Waals surface area contributed by atoms with Gasteiger partial charge in [0.2, 0.25) is 0 Å². The average molecular weight is 1630 g/mol. The van der Waals surface area contributed by atoms with E-state index in [1.807, 2.05) is 0 Å². The highest BCUT2D eigenvalue weighted by atomic mass is 28.3. The molecule has 0 saturated heterocycles. The maximum Gasteiger partial charge on any atom is 0.182 e. The Balaban J connectivity index is 0.0000000908. The van der Waals surface area contributed by atoms with Crippen LogP contribution in [0.15, 0.2) is 485 Å². The van der Waals surface area contributed by atoms with Gasteiger partial charge in [-0.15, -0.1) is 0 Å². The van der Waals surface area contributed by atoms with Crippen LogP contribution in [0, 0.1) is 0 Å². The third-order valence-corrected chi connectivity index (χ3v) is 48.2. The molecule has 0 radical (unpaired) electrons. The number of fused-ring (bicyclic) bond motifs is 40. The van der Waals surface area contributed by atoms with Gasteiger partial charge < -0.3 is 0 Å². The highest BCUT2D eigenvalue weighted by molar-refractivity contribution is 7.26. The highest BCUT2D eigenvalue weighted by Crippen LogP contribution is 2.46. The smallest absolute Gasteiger partial charge is 0.0623 e. The van der Waals surface area contributed by atoms with Gasteiger partial charge >= 0.3 is 0 Å². The summed E-state index contributed by atoms with van der Waals surface area (Å²) in [5.41, 5.74) is 17.1. The maximum atomic E-state index is 2.43. The van der Waals surface area contributed by atoms with Crippen molar-refractivity contribution in [2.24, 2.45) is 0 Å². The van der Waals surface area contributed by atoms with Crippen LogP contribution in [0.2, 0.25) is 0 Å². The first-order chi connectivity index (χ1) is 61.6. The molecular formula is C120H80Si4. The van der Waals surface area contributed by atoms with Crippen LogP contribution in [0.25, 0.3) is 131 Å². The topological polar surface area (TPSA) is 0 Å². The Morgan fingerprint density at radius 3 is 0.669 bits per heavy atom. The molecule has 4 heteroatoms. The molecule has 0 aromatic heterocycles. The molecule has 22 aromatic rings. The van der Waals surface area contributed by atoms with Crippen molar-refractivity contribution in [2.75, 3.05) is 0 Å². The first kappa shape index (κ1) is 72.1. The molecule has 0 amide bonds. The van der Waals surface area contributed by atoms with Gasteiger partial charge in [0, 0.05) is 0 Å². The molecule has 124 heavy (non-hydrogen) atoms. The van der Waals surface area contributed by atoms with Crippen molar-refractivity contribution < 1.29 is 0 Å². The highest BCUT2D eigenvalue weighted by Gasteiger charge is 2.58. The van der Waals surface area contributed by atoms with Crippen LogP contribution >= 0.6 is 0 Å². The van der Waals surface area contributed by atoms with Crippen molar-refractivity contribution in [3.63, 3.8) is 0 Å². The molecule has 0 N–H and O–H groups in total. The molecular weight excluding hydrogens is 1550 g/mol. The Morgan fingerprint density at radius 1 is 0.105 bits per heavy atom. The molecule has 28 rings (SSSR count). The minimum Gasteiger partial charge on any atom is -0.0623 e. The van der Waals surface area contributed by atoms with E-state index in [2.05, 4.69) is 485 Å². The maximum absolute atomic E-state index is 2.51. The predicted molar refractivity (Wildman–Crippen MR) is 539 cm³/mol. The van der Waals surface area contributed by atoms with Crippen molar-refractivity contribution in [1.82, 2.24) is 0 Å². The summed E-state index contributed by atoms with van der Waals surface area (Å²) in [5.74, 6) is 0. The summed E-state index contributed by atoms with van der Waals surface area (Å²) in [6.07, 6.45) is 0. The lowest BCUT2D eigenvalue weighted by atomic mass is 9.93. The van der Waals surface area contributed by atoms with Gasteiger partial charge in [0.1, 0.15) is 0 Å². The van der Waals surface area contributed by atoms with Crippen LogP contribution in [-0.4, -0.2) is 32.3 Å². The predicted octanol–water partition coefficient (Wildman–Crippen LogP) is 19.1. The van der Waals surface area contributed by atoms with Gasteiger partial charge in [-0.2, -0.15) is 0 Å². The summed E-state index contributed by atoms with van der Waals surface area (Å²) < 4.78 is 0. The largest absolute Gasteiger partial charge is 0.182 e. The Labute approximate surface area is 726 Å². The third kappa shape index (κ3) is 9.93. The Kier molecular flexibility index (Phi) is 16.5. The molecule has 0 atom stereocenters. The third-order valence-electron chi connectivity index (χ3n) is 28.4. The molecule has 6 aliphatic rings. The zero-order valence-corrected chi connectivity index (χ0v) is 72.2. The fraction of sp³-hybridized carbons (Fsp3) is 0. The first-order valence-corrected chi connectivity index (χ1v) is 51.5. The number of hydrogen-bond donors (Lipinski definition) is 0. The molecule has 0 saturated carbocycles. The van der Waals surface area contributed by atoms with Crippen LogP contribution in [-0.2, 0) is 0 Å². The van der Waals surface area contributed by atoms with Gasteiger partial charge in [0.05, 0.1) is 0 Å². The second-order valence-electron chi connectivity index (χ2n) is 33.9. The van der Waals surface area contributed by atoms with E-state index in [-0.39, 0.29) is 0 Å². The van der Waals surface area contributed by atoms with Gasteiger partial charge in [-0.25, -0.2) is 0 Å². The van der Waals surface area contributed by atoms with Gasteiger partial charge in [-0.05, 0) is 214 Å². The second-order valence-corrected chi connectivity index (χ2v) is 48.6. The Bertz CT molecular complexity index is 7670. The number of benzene rings is 22. The Morgan fingerprint density at radius 2 is 0.315 bits per heavy atom. The summed E-state index contributed by atoms with van der Waals surface area (Å²) >= 11 is 0. The standard InChI is InChI=1S/C32H20Si.C32H22Si.C28H18Si.C28H20Si/c1-3-15-25-21(11-1)22-12-2-4-16-26(22)32-31(25)27-17-7-10-20-30(27)33(32)28-18-8-5-13-23(28)24-14-6-9-19-29(24)33;1-3-13-23(14-4-1)33(24-15-5-2-6-16-24)30-22-12-11-21-29(30)31-27-19-9-7-17-25(27)26-18-8-10-20-28(26)32(31)33;1-2-10-20-19(9-1)17-18-27-28(20)23-13-5-8-16-26(23)29(27)24-14-6-3-11-21(24)22-12-4-7-15-25(22)29;1-3-12-22(13-4-1)29(23-14-5-2-6-15-23)26-18-10-9-17-25(26)28-24-16-8-7-11-21(24)19-20-27(28)29/h1-20H;1-22H;1-18H;1-20H. The molecule has 0 bridgehead atoms. The Hall–Kier alpha value is -14.7. The van der Waals surface area contributed by atoms with Crippen LogP contribution in [0.5, 0.6) is 0 Å². The van der Waals surface area contributed by atoms with Crippen molar-refractivity contribution in [3.05, 3.63) is 485 Å². The molecule has 576 valence electrons. The van der Waals surface area contributed by atoms with E-state index in [1.165, 1.54) is 183 Å². The fourth-order valence-corrected chi connectivity index (χ4v) is 46.0. The van der Waals surface area contributed by atoms with Crippen molar-refractivity contribution >= 4 is 180 Å². The molecule has 0 fully saturated rings. The first-order valence-electron chi connectivity index (χ1n) is 43.5. The van der Waals surface area contributed by atoms with Gasteiger partial charge in [0.25, 0.3) is 0 Å². The molecule has 0 nitrogen and oxygen atoms in total. The SMILES string of the molecule is c1ccc([Si]2(c3ccccc3)c3ccccc3-c3c2c2ccccc2c2ccccc32)cc1.c1ccc([Si]2(c3ccccc3)c3ccccc3-c3c2ccc2ccccc32)cc1.c1ccc2c(c1)-c1ccccc1[Si]21c2ccccc2-c2c1c1ccccc1c1ccccc21.c1ccc2c(c1)-c1ccccc1[Si]21c2ccccc2-c2c1ccc1ccccc21. The lowest BCUT2D eigenvalue weighted by molar-refractivity contribution is 1.70. The van der Waals surface area contributed by atoms with E-state index >= 15 is 0 Å². The van der Waals surface area contributed by atoms with Gasteiger partial charge in [0.15, 0.2) is 32.3 Å². The minimum atomic E-state index is -2.51. The van der Waals surface area contributed by atoms with Gasteiger partial charge in [-0.3, -0.25) is 0 Å². The van der Waals surface area contributed by atoms with Crippen molar-refractivity contribution in [2.45, 2.75) is 0 Å². The van der Waals surface area contributed by atoms with Crippen LogP contribution in [0.4, 0.5) is 0 Å². The summed E-state index contributed by atoms with van der Waals surface area (Å²) in [6.45, 7) is 0. The summed E-state index contributed by atoms with van der Waals surface area (Å²) in [7, 11) is -9.55. The molecule has 6 heterocycles. The molecule has 0 aliphatic carbocycles. The molecule has 6 aliphatic heterocycles. The van der Waals surface area contributed by atoms with E-state index in [1.54, 1.807) is 31.1 Å². The molecule has 2 spiro atoms. The van der Waals surface area contributed by atoms with Crippen LogP contribution < -0.4 is 83.0 Å². The van der Waals surface area contributed by atoms with E-state index < -0.39 is 32.3 Å².